The van der Waals surface area contributed by atoms with Crippen molar-refractivity contribution in [3.05, 3.63) is 54.0 Å². The molecule has 9 nitrogen and oxygen atoms in total. The summed E-state index contributed by atoms with van der Waals surface area (Å²) in [4.78, 5) is 33.7. The van der Waals surface area contributed by atoms with Crippen LogP contribution in [0, 0.1) is 11.8 Å². The summed E-state index contributed by atoms with van der Waals surface area (Å²) in [5.74, 6) is -0.530. The predicted molar refractivity (Wildman–Crippen MR) is 129 cm³/mol. The summed E-state index contributed by atoms with van der Waals surface area (Å²) in [5, 5.41) is 16.3. The Morgan fingerprint density at radius 1 is 1.22 bits per heavy atom. The Balaban J connectivity index is 1.60. The lowest BCUT2D eigenvalue weighted by atomic mass is 10.0. The minimum atomic E-state index is -4.63. The number of rotatable bonds is 9. The molecule has 1 aliphatic rings. The van der Waals surface area contributed by atoms with Crippen LogP contribution >= 0.6 is 0 Å². The summed E-state index contributed by atoms with van der Waals surface area (Å²) >= 11 is 0. The van der Waals surface area contributed by atoms with Crippen LogP contribution in [0.3, 0.4) is 0 Å². The number of imidazole rings is 1. The topological polar surface area (TPSA) is 116 Å². The first-order chi connectivity index (χ1) is 17.5. The normalized spacial score (nSPS) is 19.2. The second-order valence-electron chi connectivity index (χ2n) is 9.55. The summed E-state index contributed by atoms with van der Waals surface area (Å²) in [6, 6.07) is 5.59. The van der Waals surface area contributed by atoms with Gasteiger partial charge < -0.3 is 20.3 Å². The number of carbonyl (C=O) groups excluding carboxylic acids is 1. The van der Waals surface area contributed by atoms with Gasteiger partial charge in [-0.25, -0.2) is 4.98 Å². The van der Waals surface area contributed by atoms with E-state index in [2.05, 4.69) is 39.1 Å². The minimum Gasteiger partial charge on any atom is -0.481 e. The van der Waals surface area contributed by atoms with Gasteiger partial charge in [-0.2, -0.15) is 23.0 Å². The van der Waals surface area contributed by atoms with E-state index in [0.717, 1.165) is 23.8 Å². The van der Waals surface area contributed by atoms with Crippen molar-refractivity contribution in [3.63, 3.8) is 0 Å². The van der Waals surface area contributed by atoms with Crippen LogP contribution in [0.25, 0.3) is 17.2 Å². The maximum absolute atomic E-state index is 13.7. The molecule has 1 aliphatic heterocycles. The highest BCUT2D eigenvalue weighted by Crippen LogP contribution is 2.37. The Bertz CT molecular complexity index is 1230. The summed E-state index contributed by atoms with van der Waals surface area (Å²) < 4.78 is 42.3. The number of benzene rings is 1. The van der Waals surface area contributed by atoms with Crippen LogP contribution in [0.1, 0.15) is 42.7 Å². The molecule has 0 saturated carbocycles. The van der Waals surface area contributed by atoms with Gasteiger partial charge in [-0.15, -0.1) is 0 Å². The Morgan fingerprint density at radius 3 is 2.54 bits per heavy atom. The van der Waals surface area contributed by atoms with E-state index < -0.39 is 29.7 Å². The number of halogens is 3. The molecule has 1 saturated heterocycles. The van der Waals surface area contributed by atoms with Crippen LogP contribution in [-0.4, -0.2) is 67.3 Å². The van der Waals surface area contributed by atoms with Gasteiger partial charge in [0.15, 0.2) is 5.69 Å². The molecule has 0 aliphatic carbocycles. The first-order valence-electron chi connectivity index (χ1n) is 12.0. The van der Waals surface area contributed by atoms with Crippen molar-refractivity contribution in [2.75, 3.05) is 19.6 Å². The van der Waals surface area contributed by atoms with E-state index in [1.165, 1.54) is 36.7 Å². The fraction of sp³-hybridized carbons (Fsp3) is 0.440. The fourth-order valence-electron chi connectivity index (χ4n) is 4.64. The number of carboxylic acid groups (broad SMARTS) is 1. The van der Waals surface area contributed by atoms with Gasteiger partial charge in [0.1, 0.15) is 0 Å². The molecule has 3 N–H and O–H groups in total. The highest BCUT2D eigenvalue weighted by molar-refractivity contribution is 5.94. The third kappa shape index (κ3) is 6.19. The number of likely N-dealkylation sites (tertiary alicyclic amines) is 1. The lowest BCUT2D eigenvalue weighted by molar-refractivity contribution is -0.138. The van der Waals surface area contributed by atoms with E-state index >= 15 is 0 Å². The molecule has 37 heavy (non-hydrogen) atoms. The Labute approximate surface area is 211 Å². The molecule has 12 heteroatoms. The summed E-state index contributed by atoms with van der Waals surface area (Å²) in [7, 11) is 0. The Kier molecular flexibility index (Phi) is 7.67. The Hall–Kier alpha value is -3.67. The number of aromatic nitrogens is 4. The molecule has 1 fully saturated rings. The van der Waals surface area contributed by atoms with Crippen LogP contribution in [0.15, 0.2) is 42.7 Å². The van der Waals surface area contributed by atoms with Crippen LogP contribution in [-0.2, 0) is 11.0 Å². The zero-order valence-electron chi connectivity index (χ0n) is 20.5. The summed E-state index contributed by atoms with van der Waals surface area (Å²) in [6.07, 6.45) is -1.60. The first kappa shape index (κ1) is 26.4. The van der Waals surface area contributed by atoms with Crippen molar-refractivity contribution >= 4 is 11.9 Å². The van der Waals surface area contributed by atoms with Gasteiger partial charge in [-0.1, -0.05) is 32.0 Å². The second kappa shape index (κ2) is 10.8. The average molecular weight is 519 g/mol. The summed E-state index contributed by atoms with van der Waals surface area (Å²) in [5.41, 5.74) is -1.19. The van der Waals surface area contributed by atoms with Gasteiger partial charge in [0, 0.05) is 43.6 Å². The van der Waals surface area contributed by atoms with Crippen molar-refractivity contribution in [3.8, 4) is 17.2 Å². The van der Waals surface area contributed by atoms with Gasteiger partial charge in [-0.3, -0.25) is 9.59 Å². The molecular weight excluding hydrogens is 489 g/mol. The van der Waals surface area contributed by atoms with Gasteiger partial charge in [-0.05, 0) is 30.4 Å². The number of hydrogen-bond acceptors (Lipinski definition) is 5. The highest BCUT2D eigenvalue weighted by atomic mass is 19.4. The molecule has 2 aromatic heterocycles. The fourth-order valence-corrected chi connectivity index (χ4v) is 4.64. The lowest BCUT2D eigenvalue weighted by Crippen LogP contribution is -2.39. The van der Waals surface area contributed by atoms with Crippen molar-refractivity contribution in [2.24, 2.45) is 11.8 Å². The second-order valence-corrected chi connectivity index (χ2v) is 9.55. The first-order valence-corrected chi connectivity index (χ1v) is 12.0. The number of aromatic amines is 1. The smallest absolute Gasteiger partial charge is 0.417 e. The number of amides is 1. The number of nitrogens with zero attached hydrogens (tertiary/aromatic N) is 4. The van der Waals surface area contributed by atoms with Gasteiger partial charge >= 0.3 is 12.1 Å². The molecule has 1 aromatic carbocycles. The van der Waals surface area contributed by atoms with E-state index in [9.17, 15) is 27.9 Å². The third-order valence-corrected chi connectivity index (χ3v) is 6.75. The van der Waals surface area contributed by atoms with Crippen molar-refractivity contribution in [2.45, 2.75) is 38.9 Å². The monoisotopic (exact) mass is 518 g/mol. The molecule has 0 unspecified atom stereocenters. The van der Waals surface area contributed by atoms with Gasteiger partial charge in [0.25, 0.3) is 5.91 Å². The molecule has 0 bridgehead atoms. The molecule has 0 radical (unpaired) electrons. The standard InChI is InChI=1S/C25H29F3N6O3/c1-15-13-33(14-16(15)2)10-7-17(11-22(35)36)31-23(37)20-12-21(34(32-20)24-29-8-9-30-24)18-5-3-4-6-19(18)25(26,27)28/h3-6,8-9,12,15-17H,7,10-11,13-14H2,1-2H3,(H,29,30)(H,31,37)(H,35,36)/t15-,16-,17+/m1/s1. The van der Waals surface area contributed by atoms with E-state index in [4.69, 9.17) is 0 Å². The van der Waals surface area contributed by atoms with E-state index in [-0.39, 0.29) is 29.3 Å². The van der Waals surface area contributed by atoms with Crippen molar-refractivity contribution < 1.29 is 27.9 Å². The molecule has 0 spiro atoms. The molecule has 1 amide bonds. The highest BCUT2D eigenvalue weighted by Gasteiger charge is 2.35. The number of hydrogen-bond donors (Lipinski definition) is 3. The SMILES string of the molecule is C[C@@H]1CN(CC[C@@H](CC(=O)O)NC(=O)c2cc(-c3ccccc3C(F)(F)F)n(-c3ncc[nH]3)n2)C[C@H]1C. The molecular formula is C25H29F3N6O3. The number of H-pyrrole nitrogens is 1. The number of alkyl halides is 3. The van der Waals surface area contributed by atoms with Crippen molar-refractivity contribution in [1.82, 2.24) is 30.0 Å². The van der Waals surface area contributed by atoms with Crippen molar-refractivity contribution in [1.29, 1.82) is 0 Å². The van der Waals surface area contributed by atoms with Crippen LogP contribution in [0.2, 0.25) is 0 Å². The zero-order chi connectivity index (χ0) is 26.7. The van der Waals surface area contributed by atoms with Gasteiger partial charge in [0.2, 0.25) is 5.95 Å². The number of carboxylic acids is 1. The van der Waals surface area contributed by atoms with E-state index in [1.807, 2.05) is 0 Å². The average Bonchev–Trinajstić information content (AvgIpc) is 3.57. The molecule has 3 atom stereocenters. The van der Waals surface area contributed by atoms with Crippen LogP contribution < -0.4 is 5.32 Å². The third-order valence-electron chi connectivity index (χ3n) is 6.75. The van der Waals surface area contributed by atoms with E-state index in [0.29, 0.717) is 24.8 Å². The lowest BCUT2D eigenvalue weighted by Gasteiger charge is -2.21. The quantitative estimate of drug-likeness (QED) is 0.397. The van der Waals surface area contributed by atoms with Gasteiger partial charge in [0.05, 0.1) is 17.7 Å². The maximum atomic E-state index is 13.7. The number of carbonyl (C=O) groups is 2. The van der Waals surface area contributed by atoms with Crippen LogP contribution in [0.5, 0.6) is 0 Å². The zero-order valence-corrected chi connectivity index (χ0v) is 20.5. The minimum absolute atomic E-state index is 0.0165. The molecule has 3 heterocycles. The predicted octanol–water partition coefficient (Wildman–Crippen LogP) is 3.83. The summed E-state index contributed by atoms with van der Waals surface area (Å²) in [6.45, 7) is 6.78. The molecule has 198 valence electrons. The van der Waals surface area contributed by atoms with E-state index in [1.54, 1.807) is 0 Å². The molecule has 4 rings (SSSR count). The van der Waals surface area contributed by atoms with Crippen LogP contribution in [0.4, 0.5) is 13.2 Å². The number of aliphatic carboxylic acids is 1. The largest absolute Gasteiger partial charge is 0.481 e. The number of nitrogens with one attached hydrogen (secondary N) is 2. The molecule has 3 aromatic rings. The maximum Gasteiger partial charge on any atom is 0.417 e. The Morgan fingerprint density at radius 2 is 1.92 bits per heavy atom.